The number of hydrogen-bond donors (Lipinski definition) is 0. The van der Waals surface area contributed by atoms with E-state index in [9.17, 15) is 10.1 Å². The number of likely N-dealkylation sites (tertiary alicyclic amines) is 1. The average Bonchev–Trinajstić information content (AvgIpc) is 3.43. The van der Waals surface area contributed by atoms with E-state index in [1.165, 1.54) is 22.9 Å². The van der Waals surface area contributed by atoms with E-state index in [0.29, 0.717) is 44.8 Å². The topological polar surface area (TPSA) is 88.8 Å². The van der Waals surface area contributed by atoms with E-state index in [4.69, 9.17) is 14.7 Å². The fraction of sp³-hybridized carbons (Fsp3) is 0.455. The molecule has 3 aromatic rings. The molecule has 0 N–H and O–H groups in total. The highest BCUT2D eigenvalue weighted by molar-refractivity contribution is 5.94. The van der Waals surface area contributed by atoms with Gasteiger partial charge in [-0.1, -0.05) is 42.5 Å². The molecule has 9 nitrogen and oxygen atoms in total. The van der Waals surface area contributed by atoms with Gasteiger partial charge in [-0.15, -0.1) is 0 Å². The second kappa shape index (κ2) is 12.4. The lowest BCUT2D eigenvalue weighted by Gasteiger charge is -2.42. The maximum atomic E-state index is 12.8. The third-order valence-electron chi connectivity index (χ3n) is 8.91. The van der Waals surface area contributed by atoms with Crippen LogP contribution in [0.1, 0.15) is 37.4 Å². The number of fused-ring (bicyclic) bond motifs is 2. The lowest BCUT2D eigenvalue weighted by Crippen LogP contribution is -2.55. The van der Waals surface area contributed by atoms with Gasteiger partial charge >= 0.3 is 6.01 Å². The van der Waals surface area contributed by atoms with Gasteiger partial charge in [0.15, 0.2) is 0 Å². The van der Waals surface area contributed by atoms with Crippen molar-refractivity contribution in [2.24, 2.45) is 0 Å². The second-order valence-electron chi connectivity index (χ2n) is 11.5. The summed E-state index contributed by atoms with van der Waals surface area (Å²) < 4.78 is 6.30. The van der Waals surface area contributed by atoms with E-state index < -0.39 is 0 Å². The molecule has 9 heteroatoms. The first-order valence-electron chi connectivity index (χ1n) is 15.1. The van der Waals surface area contributed by atoms with Gasteiger partial charge in [-0.3, -0.25) is 4.79 Å². The molecule has 3 aliphatic rings. The fourth-order valence-corrected chi connectivity index (χ4v) is 6.62. The number of ether oxygens (including phenoxy) is 1. The number of amides is 1. The zero-order valence-corrected chi connectivity index (χ0v) is 24.6. The van der Waals surface area contributed by atoms with Crippen molar-refractivity contribution in [1.82, 2.24) is 19.8 Å². The van der Waals surface area contributed by atoms with Gasteiger partial charge in [-0.05, 0) is 57.3 Å². The van der Waals surface area contributed by atoms with E-state index >= 15 is 0 Å². The molecular weight excluding hydrogens is 526 g/mol. The lowest BCUT2D eigenvalue weighted by atomic mass is 10.0. The summed E-state index contributed by atoms with van der Waals surface area (Å²) in [6, 6.07) is 17.8. The van der Waals surface area contributed by atoms with Crippen LogP contribution in [-0.2, 0) is 17.8 Å². The van der Waals surface area contributed by atoms with Gasteiger partial charge in [0.1, 0.15) is 12.4 Å². The van der Waals surface area contributed by atoms with Crippen LogP contribution in [0.2, 0.25) is 0 Å². The maximum absolute atomic E-state index is 12.8. The summed E-state index contributed by atoms with van der Waals surface area (Å²) in [5.41, 5.74) is 3.33. The summed E-state index contributed by atoms with van der Waals surface area (Å²) in [6.07, 6.45) is 6.71. The summed E-state index contributed by atoms with van der Waals surface area (Å²) in [7, 11) is 2.14. The highest BCUT2D eigenvalue weighted by Crippen LogP contribution is 2.35. The summed E-state index contributed by atoms with van der Waals surface area (Å²) in [5.74, 6) is 0.839. The molecule has 0 bridgehead atoms. The molecule has 0 saturated carbocycles. The monoisotopic (exact) mass is 565 g/mol. The summed E-state index contributed by atoms with van der Waals surface area (Å²) in [4.78, 5) is 31.6. The van der Waals surface area contributed by atoms with Gasteiger partial charge < -0.3 is 24.3 Å². The number of hydrogen-bond acceptors (Lipinski definition) is 8. The number of aromatic nitrogens is 2. The van der Waals surface area contributed by atoms with E-state index in [2.05, 4.69) is 70.3 Å². The third-order valence-corrected chi connectivity index (χ3v) is 8.91. The number of likely N-dealkylation sites (N-methyl/N-ethyl adjacent to an activating group) is 1. The number of nitrogens with zero attached hydrogens (tertiary/aromatic N) is 7. The molecule has 1 unspecified atom stereocenters. The molecule has 2 fully saturated rings. The summed E-state index contributed by atoms with van der Waals surface area (Å²) in [5, 5.41) is 12.0. The Labute approximate surface area is 248 Å². The molecule has 42 heavy (non-hydrogen) atoms. The van der Waals surface area contributed by atoms with Crippen LogP contribution in [-0.4, -0.2) is 84.1 Å². The minimum atomic E-state index is -0.203. The standard InChI is InChI=1S/C33H39N7O2/c1-3-8-31(41)40-20-19-39(21-25(40)14-16-34)32-28-15-18-38(30-13-6-10-24-9-4-5-12-27(24)30)22-29(28)35-33(36-32)42-23-26-11-7-17-37(26)2/h3-6,8-10,12-13,25-26H,7,11,14-15,17-23H2,1-2H3/b8-3+/t25?,26-/m0/s1. The molecule has 0 spiro atoms. The Kier molecular flexibility index (Phi) is 8.24. The van der Waals surface area contributed by atoms with E-state index in [0.717, 1.165) is 43.0 Å². The van der Waals surface area contributed by atoms with Crippen molar-refractivity contribution in [3.63, 3.8) is 0 Å². The third kappa shape index (κ3) is 5.64. The normalized spacial score (nSPS) is 21.1. The van der Waals surface area contributed by atoms with Gasteiger partial charge in [-0.2, -0.15) is 15.2 Å². The number of benzene rings is 2. The van der Waals surface area contributed by atoms with Gasteiger partial charge in [-0.25, -0.2) is 0 Å². The van der Waals surface area contributed by atoms with Gasteiger partial charge in [0.05, 0.1) is 30.8 Å². The molecule has 2 saturated heterocycles. The molecule has 2 aromatic carbocycles. The molecule has 1 aromatic heterocycles. The summed E-state index contributed by atoms with van der Waals surface area (Å²) >= 11 is 0. The highest BCUT2D eigenvalue weighted by Gasteiger charge is 2.33. The Hall–Kier alpha value is -4.16. The zero-order valence-electron chi connectivity index (χ0n) is 24.6. The number of nitriles is 1. The number of allylic oxidation sites excluding steroid dienone is 1. The summed E-state index contributed by atoms with van der Waals surface area (Å²) in [6.45, 7) is 6.74. The average molecular weight is 566 g/mol. The first kappa shape index (κ1) is 28.0. The largest absolute Gasteiger partial charge is 0.462 e. The van der Waals surface area contributed by atoms with Crippen molar-refractivity contribution in [3.8, 4) is 12.1 Å². The minimum Gasteiger partial charge on any atom is -0.462 e. The second-order valence-corrected chi connectivity index (χ2v) is 11.5. The molecule has 6 rings (SSSR count). The molecule has 218 valence electrons. The minimum absolute atomic E-state index is 0.0439. The fourth-order valence-electron chi connectivity index (χ4n) is 6.62. The van der Waals surface area contributed by atoms with Crippen molar-refractivity contribution in [1.29, 1.82) is 5.26 Å². The van der Waals surface area contributed by atoms with Crippen LogP contribution in [0.4, 0.5) is 11.5 Å². The van der Waals surface area contributed by atoms with Crippen molar-refractivity contribution >= 4 is 28.2 Å². The molecule has 3 aliphatic heterocycles. The van der Waals surface area contributed by atoms with Crippen molar-refractivity contribution in [2.75, 3.05) is 56.2 Å². The number of anilines is 2. The molecule has 4 heterocycles. The Balaban J connectivity index is 1.32. The van der Waals surface area contributed by atoms with Crippen molar-refractivity contribution in [2.45, 2.75) is 51.2 Å². The van der Waals surface area contributed by atoms with Gasteiger partial charge in [0.25, 0.3) is 0 Å². The van der Waals surface area contributed by atoms with E-state index in [-0.39, 0.29) is 18.4 Å². The lowest BCUT2D eigenvalue weighted by molar-refractivity contribution is -0.128. The first-order valence-corrected chi connectivity index (χ1v) is 15.1. The zero-order chi connectivity index (χ0) is 29.1. The quantitative estimate of drug-likeness (QED) is 0.395. The number of carbonyl (C=O) groups excluding carboxylic acids is 1. The predicted octanol–water partition coefficient (Wildman–Crippen LogP) is 4.17. The van der Waals surface area contributed by atoms with Gasteiger partial charge in [0.2, 0.25) is 5.91 Å². The Morgan fingerprint density at radius 3 is 2.74 bits per heavy atom. The van der Waals surface area contributed by atoms with Gasteiger partial charge in [0, 0.05) is 48.9 Å². The maximum Gasteiger partial charge on any atom is 0.318 e. The smallest absolute Gasteiger partial charge is 0.318 e. The van der Waals surface area contributed by atoms with Crippen LogP contribution in [0.25, 0.3) is 10.8 Å². The molecule has 1 amide bonds. The molecular formula is C33H39N7O2. The van der Waals surface area contributed by atoms with Crippen LogP contribution < -0.4 is 14.5 Å². The Morgan fingerprint density at radius 2 is 1.93 bits per heavy atom. The van der Waals surface area contributed by atoms with Crippen molar-refractivity contribution < 1.29 is 9.53 Å². The highest BCUT2D eigenvalue weighted by atomic mass is 16.5. The SMILES string of the molecule is C/C=C/C(=O)N1CCN(c2nc(OC[C@@H]3CCCN3C)nc3c2CCN(c2cccc4ccccc24)C3)CC1CC#N. The Morgan fingerprint density at radius 1 is 1.07 bits per heavy atom. The predicted molar refractivity (Wildman–Crippen MR) is 165 cm³/mol. The molecule has 2 atom stereocenters. The van der Waals surface area contributed by atoms with Crippen molar-refractivity contribution in [3.05, 3.63) is 65.9 Å². The van der Waals surface area contributed by atoms with Crippen LogP contribution in [0.3, 0.4) is 0 Å². The van der Waals surface area contributed by atoms with E-state index in [1.54, 1.807) is 12.2 Å². The van der Waals surface area contributed by atoms with Crippen LogP contribution in [0.5, 0.6) is 6.01 Å². The van der Waals surface area contributed by atoms with Crippen LogP contribution >= 0.6 is 0 Å². The number of piperazine rings is 1. The first-order chi connectivity index (χ1) is 20.6. The molecule has 0 radical (unpaired) electrons. The molecule has 0 aliphatic carbocycles. The van der Waals surface area contributed by atoms with Crippen LogP contribution in [0.15, 0.2) is 54.6 Å². The van der Waals surface area contributed by atoms with E-state index in [1.807, 2.05) is 11.8 Å². The van der Waals surface area contributed by atoms with Crippen LogP contribution in [0, 0.1) is 11.3 Å². The number of carbonyl (C=O) groups is 1. The number of rotatable bonds is 7. The Bertz CT molecular complexity index is 1510.